The van der Waals surface area contributed by atoms with Crippen molar-refractivity contribution in [2.45, 2.75) is 19.1 Å². The molecule has 2 rings (SSSR count). The van der Waals surface area contributed by atoms with Crippen molar-refractivity contribution in [2.24, 2.45) is 0 Å². The summed E-state index contributed by atoms with van der Waals surface area (Å²) in [6.45, 7) is 1.43. The predicted molar refractivity (Wildman–Crippen MR) is 78.3 cm³/mol. The van der Waals surface area contributed by atoms with E-state index in [2.05, 4.69) is 26.1 Å². The Kier molecular flexibility index (Phi) is 5.18. The van der Waals surface area contributed by atoms with Crippen molar-refractivity contribution in [2.75, 3.05) is 25.6 Å². The molecule has 0 saturated heterocycles. The molecule has 0 aliphatic carbocycles. The molecule has 1 atom stereocenters. The van der Waals surface area contributed by atoms with E-state index in [0.29, 0.717) is 6.54 Å². The topological polar surface area (TPSA) is 65.0 Å². The van der Waals surface area contributed by atoms with Gasteiger partial charge in [-0.15, -0.1) is 0 Å². The van der Waals surface area contributed by atoms with Gasteiger partial charge in [0.05, 0.1) is 18.1 Å². The van der Waals surface area contributed by atoms with Gasteiger partial charge in [-0.3, -0.25) is 9.88 Å². The van der Waals surface area contributed by atoms with Crippen LogP contribution in [0, 0.1) is 0 Å². The summed E-state index contributed by atoms with van der Waals surface area (Å²) >= 11 is 1.76. The Bertz CT molecular complexity index is 476. The Balaban J connectivity index is 1.90. The molecule has 6 heteroatoms. The zero-order valence-electron chi connectivity index (χ0n) is 11.3. The van der Waals surface area contributed by atoms with Crippen LogP contribution < -0.4 is 0 Å². The van der Waals surface area contributed by atoms with Gasteiger partial charge in [-0.2, -0.15) is 11.8 Å². The summed E-state index contributed by atoms with van der Waals surface area (Å²) in [7, 11) is 2.01. The van der Waals surface area contributed by atoms with Crippen molar-refractivity contribution < 1.29 is 5.11 Å². The van der Waals surface area contributed by atoms with Gasteiger partial charge in [0.1, 0.15) is 5.69 Å². The molecule has 1 unspecified atom stereocenters. The third kappa shape index (κ3) is 3.92. The van der Waals surface area contributed by atoms with E-state index >= 15 is 0 Å². The van der Waals surface area contributed by atoms with Crippen molar-refractivity contribution >= 4 is 11.8 Å². The van der Waals surface area contributed by atoms with Crippen LogP contribution in [0.3, 0.4) is 0 Å². The number of hydrogen-bond acceptors (Lipinski definition) is 5. The number of aromatic amines is 1. The van der Waals surface area contributed by atoms with Crippen LogP contribution >= 0.6 is 11.8 Å². The zero-order chi connectivity index (χ0) is 13.7. The van der Waals surface area contributed by atoms with E-state index in [1.165, 1.54) is 0 Å². The minimum atomic E-state index is -0.270. The summed E-state index contributed by atoms with van der Waals surface area (Å²) < 4.78 is 0. The number of thioether (sulfide) groups is 1. The van der Waals surface area contributed by atoms with E-state index < -0.39 is 0 Å². The minimum absolute atomic E-state index is 0.270. The fourth-order valence-electron chi connectivity index (χ4n) is 2.08. The van der Waals surface area contributed by atoms with Crippen LogP contribution in [0.25, 0.3) is 11.4 Å². The predicted octanol–water partition coefficient (Wildman–Crippen LogP) is 1.46. The summed E-state index contributed by atoms with van der Waals surface area (Å²) in [5.74, 6) is 0.993. The van der Waals surface area contributed by atoms with Crippen LogP contribution in [0.1, 0.15) is 12.0 Å². The van der Waals surface area contributed by atoms with Gasteiger partial charge in [0.15, 0.2) is 0 Å². The van der Waals surface area contributed by atoms with E-state index in [1.54, 1.807) is 18.1 Å². The van der Waals surface area contributed by atoms with Gasteiger partial charge in [0.25, 0.3) is 0 Å². The molecule has 2 aliphatic rings. The average Bonchev–Trinajstić information content (AvgIpc) is 2.80. The van der Waals surface area contributed by atoms with Gasteiger partial charge in [-0.25, -0.2) is 4.98 Å². The fraction of sp³-hybridized carbons (Fsp3) is 0.538. The molecule has 2 aliphatic heterocycles. The summed E-state index contributed by atoms with van der Waals surface area (Å²) in [4.78, 5) is 13.7. The summed E-state index contributed by atoms with van der Waals surface area (Å²) in [6.07, 6.45) is 7.99. The first-order valence-corrected chi connectivity index (χ1v) is 7.72. The molecule has 0 radical (unpaired) electrons. The van der Waals surface area contributed by atoms with Crippen molar-refractivity contribution in [3.05, 3.63) is 24.3 Å². The highest BCUT2D eigenvalue weighted by atomic mass is 32.2. The van der Waals surface area contributed by atoms with Crippen LogP contribution in [0.4, 0.5) is 0 Å². The molecular formula is C13H20N4OS. The Morgan fingerprint density at radius 3 is 3.11 bits per heavy atom. The van der Waals surface area contributed by atoms with Crippen molar-refractivity contribution in [3.63, 3.8) is 0 Å². The number of H-pyrrole nitrogens is 1. The lowest BCUT2D eigenvalue weighted by molar-refractivity contribution is 0.120. The average molecular weight is 280 g/mol. The number of nitrogens with one attached hydrogen (secondary N) is 1. The van der Waals surface area contributed by atoms with Gasteiger partial charge < -0.3 is 10.1 Å². The normalized spacial score (nSPS) is 13.3. The Labute approximate surface area is 117 Å². The van der Waals surface area contributed by atoms with Gasteiger partial charge >= 0.3 is 0 Å². The lowest BCUT2D eigenvalue weighted by Gasteiger charge is -2.20. The number of nitrogens with zero attached hydrogens (tertiary/aromatic N) is 3. The van der Waals surface area contributed by atoms with Gasteiger partial charge in [0.2, 0.25) is 0 Å². The number of aliphatic hydroxyl groups is 1. The number of fused-ring (bicyclic) bond motifs is 1. The first-order valence-electron chi connectivity index (χ1n) is 6.32. The summed E-state index contributed by atoms with van der Waals surface area (Å²) in [5, 5.41) is 9.90. The quantitative estimate of drug-likeness (QED) is 0.804. The van der Waals surface area contributed by atoms with E-state index in [9.17, 15) is 5.11 Å². The van der Waals surface area contributed by atoms with Crippen molar-refractivity contribution in [1.82, 2.24) is 19.9 Å². The highest BCUT2D eigenvalue weighted by molar-refractivity contribution is 7.98. The molecule has 104 valence electrons. The Morgan fingerprint density at radius 2 is 2.32 bits per heavy atom. The molecule has 5 nitrogen and oxygen atoms in total. The standard InChI is InChI=1S/C13H20N4OS/c1-17(8-11(18)3-4-19-2)7-10-5-15-12-6-14-9-16-13(10)12/h5-6,9,11,18H,3-4,7-8H2,1-2H3,(H,14,16). The highest BCUT2D eigenvalue weighted by Crippen LogP contribution is 2.22. The second-order valence-electron chi connectivity index (χ2n) is 4.72. The molecule has 0 spiro atoms. The molecule has 0 saturated carbocycles. The minimum Gasteiger partial charge on any atom is -0.392 e. The first-order chi connectivity index (χ1) is 9.20. The fourth-order valence-corrected chi connectivity index (χ4v) is 2.59. The van der Waals surface area contributed by atoms with Gasteiger partial charge in [-0.05, 0) is 25.5 Å². The Morgan fingerprint density at radius 1 is 1.47 bits per heavy atom. The zero-order valence-corrected chi connectivity index (χ0v) is 12.2. The third-order valence-corrected chi connectivity index (χ3v) is 3.66. The number of likely N-dealkylation sites (N-methyl/N-ethyl adjacent to an activating group) is 1. The molecule has 2 heterocycles. The third-order valence-electron chi connectivity index (χ3n) is 3.01. The van der Waals surface area contributed by atoms with E-state index in [1.807, 2.05) is 19.4 Å². The van der Waals surface area contributed by atoms with Crippen LogP contribution in [0.2, 0.25) is 0 Å². The first kappa shape index (κ1) is 14.3. The SMILES string of the molecule is CSCCC(O)CN(C)Cc1cnc2c[nH]cnc1-2. The largest absolute Gasteiger partial charge is 0.392 e. The van der Waals surface area contributed by atoms with Gasteiger partial charge in [0, 0.05) is 31.0 Å². The molecule has 0 bridgehead atoms. The van der Waals surface area contributed by atoms with E-state index in [-0.39, 0.29) is 6.10 Å². The number of aromatic nitrogens is 3. The molecule has 0 aromatic heterocycles. The number of aliphatic hydroxyl groups excluding tert-OH is 1. The molecule has 2 N–H and O–H groups in total. The lowest BCUT2D eigenvalue weighted by Crippen LogP contribution is -2.29. The van der Waals surface area contributed by atoms with E-state index in [0.717, 1.165) is 35.7 Å². The second-order valence-corrected chi connectivity index (χ2v) is 5.70. The van der Waals surface area contributed by atoms with Crippen LogP contribution in [-0.4, -0.2) is 56.7 Å². The second kappa shape index (κ2) is 6.88. The van der Waals surface area contributed by atoms with Gasteiger partial charge in [-0.1, -0.05) is 0 Å². The molecule has 19 heavy (non-hydrogen) atoms. The Hall–Kier alpha value is -1.11. The molecule has 0 amide bonds. The molecule has 0 aromatic rings. The highest BCUT2D eigenvalue weighted by Gasteiger charge is 2.15. The van der Waals surface area contributed by atoms with E-state index in [4.69, 9.17) is 0 Å². The maximum atomic E-state index is 9.90. The van der Waals surface area contributed by atoms with Crippen LogP contribution in [0.5, 0.6) is 0 Å². The molecular weight excluding hydrogens is 260 g/mol. The van der Waals surface area contributed by atoms with Crippen LogP contribution in [0.15, 0.2) is 18.7 Å². The smallest absolute Gasteiger partial charge is 0.105 e. The van der Waals surface area contributed by atoms with Crippen LogP contribution in [-0.2, 0) is 6.54 Å². The lowest BCUT2D eigenvalue weighted by atomic mass is 10.2. The maximum Gasteiger partial charge on any atom is 0.105 e. The number of hydrogen-bond donors (Lipinski definition) is 2. The van der Waals surface area contributed by atoms with Crippen molar-refractivity contribution in [1.29, 1.82) is 0 Å². The monoisotopic (exact) mass is 280 g/mol. The summed E-state index contributed by atoms with van der Waals surface area (Å²) in [6, 6.07) is 0. The molecule has 0 aromatic carbocycles. The maximum absolute atomic E-state index is 9.90. The van der Waals surface area contributed by atoms with Crippen molar-refractivity contribution in [3.8, 4) is 11.4 Å². The molecule has 0 fully saturated rings. The summed E-state index contributed by atoms with van der Waals surface area (Å²) in [5.41, 5.74) is 2.92. The number of rotatable bonds is 7.